The first-order valence-electron chi connectivity index (χ1n) is 5.42. The fourth-order valence-corrected chi connectivity index (χ4v) is 2.59. The average Bonchev–Trinajstić information content (AvgIpc) is 2.97. The van der Waals surface area contributed by atoms with Gasteiger partial charge >= 0.3 is 0 Å². The lowest BCUT2D eigenvalue weighted by molar-refractivity contribution is 0.654. The average molecular weight is 280 g/mol. The highest BCUT2D eigenvalue weighted by Crippen LogP contribution is 2.17. The van der Waals surface area contributed by atoms with E-state index in [9.17, 15) is 0 Å². The molecule has 0 fully saturated rings. The fourth-order valence-electron chi connectivity index (χ4n) is 1.66. The van der Waals surface area contributed by atoms with Crippen molar-refractivity contribution in [1.82, 2.24) is 24.9 Å². The van der Waals surface area contributed by atoms with E-state index in [0.29, 0.717) is 17.4 Å². The number of hydrogen-bond acceptors (Lipinski definition) is 5. The summed E-state index contributed by atoms with van der Waals surface area (Å²) >= 11 is 7.30. The lowest BCUT2D eigenvalue weighted by Gasteiger charge is -2.00. The molecule has 92 valence electrons. The van der Waals surface area contributed by atoms with Crippen LogP contribution in [-0.4, -0.2) is 19.6 Å². The maximum atomic E-state index is 5.82. The smallest absolute Gasteiger partial charge is 0.160 e. The molecular formula is C11H10ClN5S. The van der Waals surface area contributed by atoms with Crippen molar-refractivity contribution in [3.63, 3.8) is 0 Å². The van der Waals surface area contributed by atoms with E-state index in [1.165, 1.54) is 11.3 Å². The van der Waals surface area contributed by atoms with Crippen molar-refractivity contribution in [3.05, 3.63) is 45.8 Å². The molecule has 0 aliphatic carbocycles. The summed E-state index contributed by atoms with van der Waals surface area (Å²) in [6.07, 6.45) is 3.61. The topological polar surface area (TPSA) is 55.1 Å². The molecule has 0 radical (unpaired) electrons. The van der Waals surface area contributed by atoms with Crippen molar-refractivity contribution in [3.8, 4) is 0 Å². The first kappa shape index (κ1) is 11.6. The van der Waals surface area contributed by atoms with Gasteiger partial charge in [-0.15, -0.1) is 21.5 Å². The number of nitrogens with one attached hydrogen (secondary N) is 1. The minimum Gasteiger partial charge on any atom is -0.303 e. The standard InChI is InChI=1S/C11H10ClN5S/c12-8-5-14-11(18-8)7-13-6-10-16-15-9-3-1-2-4-17(9)10/h1-5,13H,6-7H2. The van der Waals surface area contributed by atoms with Crippen LogP contribution in [0.2, 0.25) is 4.34 Å². The molecule has 0 unspecified atom stereocenters. The van der Waals surface area contributed by atoms with E-state index in [1.807, 2.05) is 28.8 Å². The van der Waals surface area contributed by atoms with Gasteiger partial charge in [-0.3, -0.25) is 4.40 Å². The lowest BCUT2D eigenvalue weighted by atomic mass is 10.4. The quantitative estimate of drug-likeness (QED) is 0.795. The number of thiazole rings is 1. The summed E-state index contributed by atoms with van der Waals surface area (Å²) < 4.78 is 2.67. The molecule has 0 aliphatic heterocycles. The Morgan fingerprint density at radius 1 is 1.28 bits per heavy atom. The van der Waals surface area contributed by atoms with Crippen LogP contribution >= 0.6 is 22.9 Å². The highest BCUT2D eigenvalue weighted by Gasteiger charge is 2.04. The summed E-state index contributed by atoms with van der Waals surface area (Å²) in [6.45, 7) is 1.32. The zero-order chi connectivity index (χ0) is 12.4. The van der Waals surface area contributed by atoms with Gasteiger partial charge in [0.25, 0.3) is 0 Å². The molecule has 5 nitrogen and oxygen atoms in total. The molecule has 0 spiro atoms. The number of rotatable bonds is 4. The third-order valence-corrected chi connectivity index (χ3v) is 3.58. The van der Waals surface area contributed by atoms with Gasteiger partial charge in [-0.05, 0) is 12.1 Å². The maximum Gasteiger partial charge on any atom is 0.160 e. The molecule has 0 amide bonds. The summed E-state index contributed by atoms with van der Waals surface area (Å²) in [6, 6.07) is 5.83. The minimum absolute atomic E-state index is 0.641. The van der Waals surface area contributed by atoms with Gasteiger partial charge < -0.3 is 5.32 Å². The van der Waals surface area contributed by atoms with Crippen molar-refractivity contribution in [2.75, 3.05) is 0 Å². The molecule has 0 saturated heterocycles. The fraction of sp³-hybridized carbons (Fsp3) is 0.182. The van der Waals surface area contributed by atoms with Gasteiger partial charge in [-0.2, -0.15) is 0 Å². The van der Waals surface area contributed by atoms with Gasteiger partial charge in [0.05, 0.1) is 12.7 Å². The van der Waals surface area contributed by atoms with Gasteiger partial charge in [-0.25, -0.2) is 4.98 Å². The van der Waals surface area contributed by atoms with Crippen LogP contribution in [0.25, 0.3) is 5.65 Å². The summed E-state index contributed by atoms with van der Waals surface area (Å²) in [4.78, 5) is 4.18. The SMILES string of the molecule is Clc1cnc(CNCc2nnc3ccccn23)s1. The first-order valence-corrected chi connectivity index (χ1v) is 6.62. The largest absolute Gasteiger partial charge is 0.303 e. The second-order valence-electron chi connectivity index (χ2n) is 3.71. The second-order valence-corrected chi connectivity index (χ2v) is 5.45. The van der Waals surface area contributed by atoms with Crippen LogP contribution < -0.4 is 5.32 Å². The molecule has 1 N–H and O–H groups in total. The van der Waals surface area contributed by atoms with E-state index in [2.05, 4.69) is 20.5 Å². The van der Waals surface area contributed by atoms with Crippen molar-refractivity contribution in [1.29, 1.82) is 0 Å². The van der Waals surface area contributed by atoms with Gasteiger partial charge in [0.1, 0.15) is 9.34 Å². The molecule has 0 bridgehead atoms. The third-order valence-electron chi connectivity index (χ3n) is 2.47. The number of hydrogen-bond donors (Lipinski definition) is 1. The van der Waals surface area contributed by atoms with Crippen LogP contribution in [-0.2, 0) is 13.1 Å². The van der Waals surface area contributed by atoms with Gasteiger partial charge in [-0.1, -0.05) is 17.7 Å². The molecule has 3 aromatic rings. The molecule has 3 rings (SSSR count). The van der Waals surface area contributed by atoms with E-state index < -0.39 is 0 Å². The van der Waals surface area contributed by atoms with Crippen LogP contribution in [0.15, 0.2) is 30.6 Å². The van der Waals surface area contributed by atoms with Crippen LogP contribution in [0.5, 0.6) is 0 Å². The highest BCUT2D eigenvalue weighted by atomic mass is 35.5. The Labute approximate surface area is 112 Å². The Morgan fingerprint density at radius 2 is 2.22 bits per heavy atom. The Bertz CT molecular complexity index is 662. The van der Waals surface area contributed by atoms with Crippen LogP contribution in [0.1, 0.15) is 10.8 Å². The molecule has 7 heteroatoms. The van der Waals surface area contributed by atoms with E-state index in [0.717, 1.165) is 16.5 Å². The summed E-state index contributed by atoms with van der Waals surface area (Å²) in [5, 5.41) is 12.5. The predicted molar refractivity (Wildman–Crippen MR) is 70.7 cm³/mol. The summed E-state index contributed by atoms with van der Waals surface area (Å²) in [5.41, 5.74) is 0.853. The Kier molecular flexibility index (Phi) is 3.22. The van der Waals surface area contributed by atoms with Crippen LogP contribution in [0, 0.1) is 0 Å². The van der Waals surface area contributed by atoms with Gasteiger partial charge in [0.15, 0.2) is 11.5 Å². The zero-order valence-electron chi connectivity index (χ0n) is 9.38. The number of halogens is 1. The molecule has 0 saturated carbocycles. The number of fused-ring (bicyclic) bond motifs is 1. The van der Waals surface area contributed by atoms with Crippen molar-refractivity contribution in [2.24, 2.45) is 0 Å². The lowest BCUT2D eigenvalue weighted by Crippen LogP contribution is -2.14. The van der Waals surface area contributed by atoms with Crippen LogP contribution in [0.4, 0.5) is 0 Å². The number of aromatic nitrogens is 4. The molecular weight excluding hydrogens is 270 g/mol. The van der Waals surface area contributed by atoms with Crippen molar-refractivity contribution in [2.45, 2.75) is 13.1 Å². The Morgan fingerprint density at radius 3 is 3.06 bits per heavy atom. The second kappa shape index (κ2) is 5.01. The molecule has 3 heterocycles. The Balaban J connectivity index is 1.66. The van der Waals surface area contributed by atoms with Crippen molar-refractivity contribution < 1.29 is 0 Å². The molecule has 3 aromatic heterocycles. The van der Waals surface area contributed by atoms with E-state index in [-0.39, 0.29) is 0 Å². The minimum atomic E-state index is 0.641. The summed E-state index contributed by atoms with van der Waals surface area (Å²) in [5.74, 6) is 0.883. The molecule has 0 aromatic carbocycles. The normalized spacial score (nSPS) is 11.2. The zero-order valence-corrected chi connectivity index (χ0v) is 10.9. The maximum absolute atomic E-state index is 5.82. The summed E-state index contributed by atoms with van der Waals surface area (Å²) in [7, 11) is 0. The first-order chi connectivity index (χ1) is 8.83. The van der Waals surface area contributed by atoms with E-state index in [1.54, 1.807) is 6.20 Å². The molecule has 18 heavy (non-hydrogen) atoms. The van der Waals surface area contributed by atoms with Gasteiger partial charge in [0, 0.05) is 12.7 Å². The van der Waals surface area contributed by atoms with E-state index >= 15 is 0 Å². The number of nitrogens with zero attached hydrogens (tertiary/aromatic N) is 4. The monoisotopic (exact) mass is 279 g/mol. The molecule has 0 aliphatic rings. The third kappa shape index (κ3) is 2.35. The predicted octanol–water partition coefficient (Wildman–Crippen LogP) is 2.13. The number of pyridine rings is 1. The molecule has 0 atom stereocenters. The van der Waals surface area contributed by atoms with E-state index in [4.69, 9.17) is 11.6 Å². The van der Waals surface area contributed by atoms with Crippen LogP contribution in [0.3, 0.4) is 0 Å². The Hall–Kier alpha value is -1.50. The van der Waals surface area contributed by atoms with Crippen molar-refractivity contribution >= 4 is 28.6 Å². The van der Waals surface area contributed by atoms with Gasteiger partial charge in [0.2, 0.25) is 0 Å². The highest BCUT2D eigenvalue weighted by molar-refractivity contribution is 7.15.